The molecule has 4 aromatic rings. The van der Waals surface area contributed by atoms with Crippen molar-refractivity contribution in [3.8, 4) is 5.69 Å². The number of fused-ring (bicyclic) bond motifs is 1. The van der Waals surface area contributed by atoms with Gasteiger partial charge in [-0.2, -0.15) is 0 Å². The maximum Gasteiger partial charge on any atom is 0.335 e. The van der Waals surface area contributed by atoms with E-state index in [1.165, 1.54) is 0 Å². The zero-order valence-electron chi connectivity index (χ0n) is 22.0. The number of carboxylic acids is 1. The van der Waals surface area contributed by atoms with E-state index in [2.05, 4.69) is 32.8 Å². The predicted molar refractivity (Wildman–Crippen MR) is 146 cm³/mol. The number of piperidine rings is 1. The van der Waals surface area contributed by atoms with Gasteiger partial charge in [0.25, 0.3) is 5.56 Å². The molecule has 198 valence electrons. The second-order valence-corrected chi connectivity index (χ2v) is 10.0. The van der Waals surface area contributed by atoms with Crippen LogP contribution in [0.5, 0.6) is 0 Å². The van der Waals surface area contributed by atoms with Gasteiger partial charge in [0.2, 0.25) is 0 Å². The molecule has 38 heavy (non-hydrogen) atoms. The van der Waals surface area contributed by atoms with Gasteiger partial charge in [-0.15, -0.1) is 0 Å². The molecular formula is C29H32FN5O3. The lowest BCUT2D eigenvalue weighted by molar-refractivity contribution is 0.0696. The van der Waals surface area contributed by atoms with Crippen molar-refractivity contribution in [1.29, 1.82) is 0 Å². The van der Waals surface area contributed by atoms with Crippen molar-refractivity contribution in [2.45, 2.75) is 38.6 Å². The third kappa shape index (κ3) is 4.47. The summed E-state index contributed by atoms with van der Waals surface area (Å²) in [6.07, 6.45) is 5.07. The molecule has 2 N–H and O–H groups in total. The molecule has 9 heteroatoms. The number of benzene rings is 1. The minimum atomic E-state index is -1.12. The highest BCUT2D eigenvalue weighted by atomic mass is 19.1. The van der Waals surface area contributed by atoms with Crippen molar-refractivity contribution in [2.24, 2.45) is 7.05 Å². The topological polar surface area (TPSA) is 92.4 Å². The summed E-state index contributed by atoms with van der Waals surface area (Å²) in [7, 11) is 3.78. The monoisotopic (exact) mass is 517 g/mol. The number of nitrogens with zero attached hydrogens (tertiary/aromatic N) is 4. The van der Waals surface area contributed by atoms with Gasteiger partial charge in [0.15, 0.2) is 0 Å². The quantitative estimate of drug-likeness (QED) is 0.380. The molecule has 0 radical (unpaired) electrons. The Morgan fingerprint density at radius 2 is 1.92 bits per heavy atom. The first kappa shape index (κ1) is 25.7. The summed E-state index contributed by atoms with van der Waals surface area (Å²) in [5.41, 5.74) is 4.63. The first-order valence-corrected chi connectivity index (χ1v) is 12.8. The number of pyridine rings is 2. The van der Waals surface area contributed by atoms with E-state index in [1.54, 1.807) is 43.1 Å². The lowest BCUT2D eigenvalue weighted by Crippen LogP contribution is -2.36. The molecule has 1 aliphatic rings. The summed E-state index contributed by atoms with van der Waals surface area (Å²) in [5, 5.41) is 13.1. The fraction of sp³-hybridized carbons (Fsp3) is 0.345. The van der Waals surface area contributed by atoms with Crippen LogP contribution in [0.25, 0.3) is 16.7 Å². The maximum atomic E-state index is 14.9. The highest BCUT2D eigenvalue weighted by Gasteiger charge is 2.29. The molecule has 1 aromatic carbocycles. The lowest BCUT2D eigenvalue weighted by Gasteiger charge is -2.37. The Labute approximate surface area is 220 Å². The van der Waals surface area contributed by atoms with E-state index in [1.807, 2.05) is 19.2 Å². The van der Waals surface area contributed by atoms with Crippen LogP contribution in [-0.4, -0.2) is 50.2 Å². The van der Waals surface area contributed by atoms with E-state index in [4.69, 9.17) is 0 Å². The number of nitrogens with one attached hydrogen (secondary N) is 1. The Morgan fingerprint density at radius 1 is 1.18 bits per heavy atom. The van der Waals surface area contributed by atoms with E-state index in [9.17, 15) is 19.1 Å². The fourth-order valence-electron chi connectivity index (χ4n) is 5.83. The van der Waals surface area contributed by atoms with E-state index < -0.39 is 11.8 Å². The second-order valence-electron chi connectivity index (χ2n) is 10.0. The number of likely N-dealkylation sites (tertiary alicyclic amines) is 1. The van der Waals surface area contributed by atoms with Gasteiger partial charge >= 0.3 is 5.97 Å². The summed E-state index contributed by atoms with van der Waals surface area (Å²) in [4.78, 5) is 31.1. The minimum Gasteiger partial charge on any atom is -0.478 e. The standard InChI is InChI=1S/C29H32FN5O3/c1-17-13-20(29(37)38)14-23(30)27(17)19-6-10-34(11-7-19)18(2)25-16-22-24(5-9-32-28(22)33(25)4)35-12-8-21(31-3)15-26(35)36/h5,8-9,12-16,18-19,31H,6-7,10-11H2,1-4H3,(H,37,38)/t18-/m1/s1. The molecule has 0 amide bonds. The lowest BCUT2D eigenvalue weighted by atomic mass is 9.85. The van der Waals surface area contributed by atoms with Crippen LogP contribution in [0.1, 0.15) is 58.9 Å². The Balaban J connectivity index is 1.40. The van der Waals surface area contributed by atoms with Crippen molar-refractivity contribution in [2.75, 3.05) is 25.5 Å². The van der Waals surface area contributed by atoms with Crippen LogP contribution >= 0.6 is 0 Å². The molecule has 5 rings (SSSR count). The molecule has 1 atom stereocenters. The molecule has 4 heterocycles. The summed E-state index contributed by atoms with van der Waals surface area (Å²) in [6.45, 7) is 5.53. The van der Waals surface area contributed by atoms with Crippen molar-refractivity contribution in [1.82, 2.24) is 19.0 Å². The highest BCUT2D eigenvalue weighted by Crippen LogP contribution is 2.36. The Kier molecular flexibility index (Phi) is 6.79. The van der Waals surface area contributed by atoms with Crippen LogP contribution in [-0.2, 0) is 7.05 Å². The first-order chi connectivity index (χ1) is 18.2. The van der Waals surface area contributed by atoms with Gasteiger partial charge < -0.3 is 15.0 Å². The smallest absolute Gasteiger partial charge is 0.335 e. The van der Waals surface area contributed by atoms with Crippen molar-refractivity contribution in [3.05, 3.63) is 87.3 Å². The Hall–Kier alpha value is -3.98. The maximum absolute atomic E-state index is 14.9. The molecule has 0 spiro atoms. The average molecular weight is 518 g/mol. The number of hydrogen-bond donors (Lipinski definition) is 2. The number of rotatable bonds is 6. The van der Waals surface area contributed by atoms with Gasteiger partial charge in [-0.25, -0.2) is 14.2 Å². The van der Waals surface area contributed by atoms with Crippen LogP contribution in [0, 0.1) is 12.7 Å². The summed E-state index contributed by atoms with van der Waals surface area (Å²) in [6, 6.07) is 10.2. The van der Waals surface area contributed by atoms with E-state index in [-0.39, 0.29) is 23.1 Å². The summed E-state index contributed by atoms with van der Waals surface area (Å²) in [5.74, 6) is -1.50. The Morgan fingerprint density at radius 3 is 2.55 bits per heavy atom. The van der Waals surface area contributed by atoms with Crippen molar-refractivity contribution >= 4 is 22.7 Å². The van der Waals surface area contributed by atoms with Gasteiger partial charge in [0.05, 0.1) is 11.3 Å². The number of aromatic nitrogens is 3. The zero-order chi connectivity index (χ0) is 27.1. The van der Waals surface area contributed by atoms with Gasteiger partial charge in [0.1, 0.15) is 11.5 Å². The van der Waals surface area contributed by atoms with Crippen LogP contribution in [0.4, 0.5) is 10.1 Å². The number of halogens is 1. The number of anilines is 1. The van der Waals surface area contributed by atoms with Crippen LogP contribution in [0.3, 0.4) is 0 Å². The molecular weight excluding hydrogens is 485 g/mol. The van der Waals surface area contributed by atoms with Crippen LogP contribution < -0.4 is 10.9 Å². The van der Waals surface area contributed by atoms with Crippen LogP contribution in [0.2, 0.25) is 0 Å². The molecule has 0 bridgehead atoms. The SMILES string of the molecule is CNc1ccn(-c2ccnc3c2cc([C@@H](C)N2CCC(c4c(C)cc(C(=O)O)cc4F)CC2)n3C)c(=O)c1. The molecule has 3 aromatic heterocycles. The predicted octanol–water partition coefficient (Wildman–Crippen LogP) is 4.85. The van der Waals surface area contributed by atoms with Crippen molar-refractivity contribution < 1.29 is 14.3 Å². The molecule has 1 saturated heterocycles. The largest absolute Gasteiger partial charge is 0.478 e. The van der Waals surface area contributed by atoms with E-state index >= 15 is 0 Å². The van der Waals surface area contributed by atoms with Gasteiger partial charge in [0, 0.05) is 55.4 Å². The number of aryl methyl sites for hydroxylation is 2. The second kappa shape index (κ2) is 10.1. The normalized spacial score (nSPS) is 15.6. The number of aromatic carboxylic acids is 1. The highest BCUT2D eigenvalue weighted by molar-refractivity contribution is 5.88. The van der Waals surface area contributed by atoms with Gasteiger partial charge in [-0.05, 0) is 87.2 Å². The minimum absolute atomic E-state index is 0.0150. The molecule has 1 fully saturated rings. The summed E-state index contributed by atoms with van der Waals surface area (Å²) >= 11 is 0. The van der Waals surface area contributed by atoms with Crippen molar-refractivity contribution in [3.63, 3.8) is 0 Å². The Bertz CT molecular complexity index is 1560. The average Bonchev–Trinajstić information content (AvgIpc) is 3.24. The molecule has 8 nitrogen and oxygen atoms in total. The number of carboxylic acid groups (broad SMARTS) is 1. The number of hydrogen-bond acceptors (Lipinski definition) is 5. The van der Waals surface area contributed by atoms with Gasteiger partial charge in [-0.1, -0.05) is 0 Å². The van der Waals surface area contributed by atoms with E-state index in [0.29, 0.717) is 11.1 Å². The zero-order valence-corrected chi connectivity index (χ0v) is 22.0. The molecule has 0 unspecified atom stereocenters. The third-order valence-corrected chi connectivity index (χ3v) is 7.91. The first-order valence-electron chi connectivity index (χ1n) is 12.8. The van der Waals surface area contributed by atoms with Crippen LogP contribution in [0.15, 0.2) is 53.6 Å². The molecule has 0 aliphatic carbocycles. The van der Waals surface area contributed by atoms with Gasteiger partial charge in [-0.3, -0.25) is 14.3 Å². The molecule has 0 saturated carbocycles. The fourth-order valence-corrected chi connectivity index (χ4v) is 5.83. The summed E-state index contributed by atoms with van der Waals surface area (Å²) < 4.78 is 18.6. The number of carbonyl (C=O) groups is 1. The van der Waals surface area contributed by atoms with E-state index in [0.717, 1.165) is 60.1 Å². The third-order valence-electron chi connectivity index (χ3n) is 7.91. The molecule has 1 aliphatic heterocycles.